The second-order valence-corrected chi connectivity index (χ2v) is 10.5. The fraction of sp³-hybridized carbons (Fsp3) is 0.152. The quantitative estimate of drug-likeness (QED) is 0.108. The number of nitrogens with zero attached hydrogens (tertiary/aromatic N) is 4. The zero-order valence-corrected chi connectivity index (χ0v) is 24.3. The number of carbonyl (C=O) groups is 3. The van der Waals surface area contributed by atoms with Gasteiger partial charge >= 0.3 is 11.9 Å². The maximum atomic E-state index is 14.7. The highest BCUT2D eigenvalue weighted by atomic mass is 35.5. The van der Waals surface area contributed by atoms with Crippen molar-refractivity contribution in [2.75, 3.05) is 6.61 Å². The van der Waals surface area contributed by atoms with Crippen molar-refractivity contribution >= 4 is 40.5 Å². The standard InChI is InChI=1S/C33H25ClN4O7/c1-2-32(42)27(44-31(41)23-16-10-5-11-17-23)24(18-43-30(40)22-14-8-4-9-15-22)45-33(32,26(39)21-12-6-3-7-13-21)38-20-37-25-28(34)35-19-36-29(25)38/h2-17,19-20,24,27,42H,1,18H2/t24-,27-,32-,33-/m1/s1. The predicted molar refractivity (Wildman–Crippen MR) is 161 cm³/mol. The number of benzene rings is 3. The normalized spacial score (nSPS) is 22.5. The Morgan fingerprint density at radius 2 is 1.47 bits per heavy atom. The van der Waals surface area contributed by atoms with Crippen molar-refractivity contribution in [1.29, 1.82) is 0 Å². The molecule has 0 amide bonds. The number of carbonyl (C=O) groups excluding carboxylic acids is 3. The number of aliphatic hydroxyl groups is 1. The van der Waals surface area contributed by atoms with Crippen molar-refractivity contribution in [3.8, 4) is 0 Å². The van der Waals surface area contributed by atoms with Gasteiger partial charge in [-0.2, -0.15) is 0 Å². The van der Waals surface area contributed by atoms with Crippen LogP contribution in [0.15, 0.2) is 116 Å². The Morgan fingerprint density at radius 3 is 2.07 bits per heavy atom. The van der Waals surface area contributed by atoms with Crippen molar-refractivity contribution in [2.24, 2.45) is 0 Å². The van der Waals surface area contributed by atoms with Crippen molar-refractivity contribution in [1.82, 2.24) is 19.5 Å². The zero-order chi connectivity index (χ0) is 31.6. The molecule has 45 heavy (non-hydrogen) atoms. The molecule has 3 aromatic carbocycles. The van der Waals surface area contributed by atoms with E-state index in [1.54, 1.807) is 66.7 Å². The minimum Gasteiger partial charge on any atom is -0.459 e. The van der Waals surface area contributed by atoms with E-state index in [2.05, 4.69) is 21.5 Å². The van der Waals surface area contributed by atoms with Crippen LogP contribution in [0.4, 0.5) is 0 Å². The van der Waals surface area contributed by atoms with Gasteiger partial charge in [0.25, 0.3) is 0 Å². The van der Waals surface area contributed by atoms with E-state index >= 15 is 0 Å². The van der Waals surface area contributed by atoms with Gasteiger partial charge in [-0.15, -0.1) is 0 Å². The van der Waals surface area contributed by atoms with Gasteiger partial charge in [-0.05, 0) is 24.3 Å². The first-order valence-corrected chi connectivity index (χ1v) is 14.1. The number of imidazole rings is 1. The first kappa shape index (κ1) is 29.8. The molecule has 1 aliphatic heterocycles. The number of fused-ring (bicyclic) bond motifs is 1. The molecule has 1 N–H and O–H groups in total. The zero-order valence-electron chi connectivity index (χ0n) is 23.5. The average molecular weight is 625 g/mol. The van der Waals surface area contributed by atoms with E-state index in [-0.39, 0.29) is 33.0 Å². The van der Waals surface area contributed by atoms with Gasteiger partial charge in [-0.1, -0.05) is 91.0 Å². The fourth-order valence-electron chi connectivity index (χ4n) is 5.38. The summed E-state index contributed by atoms with van der Waals surface area (Å²) < 4.78 is 19.2. The molecular weight excluding hydrogens is 600 g/mol. The molecule has 3 heterocycles. The van der Waals surface area contributed by atoms with Crippen LogP contribution in [-0.2, 0) is 19.9 Å². The molecule has 0 saturated carbocycles. The van der Waals surface area contributed by atoms with Crippen LogP contribution < -0.4 is 0 Å². The van der Waals surface area contributed by atoms with Gasteiger partial charge in [-0.3, -0.25) is 9.36 Å². The number of ether oxygens (including phenoxy) is 3. The van der Waals surface area contributed by atoms with E-state index in [1.165, 1.54) is 35.2 Å². The first-order valence-electron chi connectivity index (χ1n) is 13.8. The number of halogens is 1. The number of Topliss-reactive ketones (excluding diaryl/α,β-unsaturated/α-hetero) is 1. The van der Waals surface area contributed by atoms with Crippen LogP contribution in [0.5, 0.6) is 0 Å². The Kier molecular flexibility index (Phi) is 7.98. The molecule has 1 aliphatic rings. The Balaban J connectivity index is 1.52. The van der Waals surface area contributed by atoms with Crippen LogP contribution in [-0.4, -0.2) is 66.8 Å². The molecule has 1 saturated heterocycles. The van der Waals surface area contributed by atoms with Crippen LogP contribution in [0.1, 0.15) is 31.1 Å². The van der Waals surface area contributed by atoms with Gasteiger partial charge in [0.1, 0.15) is 30.9 Å². The lowest BCUT2D eigenvalue weighted by molar-refractivity contribution is -0.140. The van der Waals surface area contributed by atoms with Crippen LogP contribution >= 0.6 is 11.6 Å². The molecule has 5 aromatic rings. The van der Waals surface area contributed by atoms with Crippen molar-refractivity contribution in [3.63, 3.8) is 0 Å². The summed E-state index contributed by atoms with van der Waals surface area (Å²) in [6.07, 6.45) is 0.418. The second kappa shape index (κ2) is 12.0. The third-order valence-corrected chi connectivity index (χ3v) is 7.83. The summed E-state index contributed by atoms with van der Waals surface area (Å²) in [6, 6.07) is 24.3. The lowest BCUT2D eigenvalue weighted by Gasteiger charge is -2.39. The number of aromatic nitrogens is 4. The number of hydrogen-bond donors (Lipinski definition) is 1. The highest BCUT2D eigenvalue weighted by Gasteiger charge is 2.71. The molecule has 0 bridgehead atoms. The van der Waals surface area contributed by atoms with E-state index in [1.807, 2.05) is 0 Å². The Bertz CT molecular complexity index is 1890. The third kappa shape index (κ3) is 5.06. The average Bonchev–Trinajstić information content (AvgIpc) is 3.63. The smallest absolute Gasteiger partial charge is 0.338 e. The Morgan fingerprint density at radius 1 is 0.889 bits per heavy atom. The summed E-state index contributed by atoms with van der Waals surface area (Å²) >= 11 is 6.30. The van der Waals surface area contributed by atoms with Gasteiger partial charge < -0.3 is 19.3 Å². The van der Waals surface area contributed by atoms with Gasteiger partial charge in [-0.25, -0.2) is 24.5 Å². The van der Waals surface area contributed by atoms with Gasteiger partial charge in [0.05, 0.1) is 11.1 Å². The molecular formula is C33H25ClN4O7. The lowest BCUT2D eigenvalue weighted by Crippen LogP contribution is -2.61. The highest BCUT2D eigenvalue weighted by Crippen LogP contribution is 2.49. The van der Waals surface area contributed by atoms with Gasteiger partial charge in [0.15, 0.2) is 22.5 Å². The van der Waals surface area contributed by atoms with E-state index in [0.717, 1.165) is 12.4 Å². The molecule has 0 aliphatic carbocycles. The van der Waals surface area contributed by atoms with E-state index in [9.17, 15) is 19.5 Å². The molecule has 6 rings (SSSR count). The van der Waals surface area contributed by atoms with E-state index in [4.69, 9.17) is 25.8 Å². The summed E-state index contributed by atoms with van der Waals surface area (Å²) in [5.41, 5.74) is -4.21. The van der Waals surface area contributed by atoms with Crippen LogP contribution in [0.25, 0.3) is 11.2 Å². The largest absolute Gasteiger partial charge is 0.459 e. The SMILES string of the molecule is C=C[C@@]1(O)[C@H](OC(=O)c2ccccc2)[C@@H](COC(=O)c2ccccc2)O[C@@]1(C(=O)c1ccccc1)n1cnc2c(Cl)ncnc21. The molecule has 0 unspecified atom stereocenters. The molecule has 0 radical (unpaired) electrons. The van der Waals surface area contributed by atoms with Crippen molar-refractivity contribution in [3.05, 3.63) is 138 Å². The molecule has 0 spiro atoms. The van der Waals surface area contributed by atoms with Gasteiger partial charge in [0.2, 0.25) is 11.5 Å². The third-order valence-electron chi connectivity index (χ3n) is 7.55. The molecule has 11 nitrogen and oxygen atoms in total. The minimum absolute atomic E-state index is 0.0124. The van der Waals surface area contributed by atoms with Crippen LogP contribution in [0, 0.1) is 0 Å². The molecule has 2 aromatic heterocycles. The molecule has 1 fully saturated rings. The molecule has 12 heteroatoms. The first-order chi connectivity index (χ1) is 21.8. The number of ketones is 1. The summed E-state index contributed by atoms with van der Waals surface area (Å²) in [4.78, 5) is 53.6. The summed E-state index contributed by atoms with van der Waals surface area (Å²) in [6.45, 7) is 3.30. The Hall–Kier alpha value is -5.23. The maximum absolute atomic E-state index is 14.7. The van der Waals surface area contributed by atoms with E-state index in [0.29, 0.717) is 0 Å². The lowest BCUT2D eigenvalue weighted by atomic mass is 9.80. The number of esters is 2. The van der Waals surface area contributed by atoms with E-state index < -0.39 is 47.9 Å². The molecule has 4 atom stereocenters. The summed E-state index contributed by atoms with van der Waals surface area (Å²) in [7, 11) is 0. The van der Waals surface area contributed by atoms with Gasteiger partial charge in [0, 0.05) is 5.56 Å². The number of rotatable bonds is 9. The Labute approximate surface area is 261 Å². The van der Waals surface area contributed by atoms with Crippen molar-refractivity contribution in [2.45, 2.75) is 23.5 Å². The maximum Gasteiger partial charge on any atom is 0.338 e. The number of hydrogen-bond acceptors (Lipinski definition) is 10. The second-order valence-electron chi connectivity index (χ2n) is 10.1. The highest BCUT2D eigenvalue weighted by molar-refractivity contribution is 6.33. The van der Waals surface area contributed by atoms with Crippen molar-refractivity contribution < 1.29 is 33.7 Å². The van der Waals surface area contributed by atoms with Crippen LogP contribution in [0.3, 0.4) is 0 Å². The summed E-state index contributed by atoms with van der Waals surface area (Å²) in [5, 5.41) is 12.6. The topological polar surface area (TPSA) is 143 Å². The predicted octanol–water partition coefficient (Wildman–Crippen LogP) is 4.41. The minimum atomic E-state index is -2.49. The van der Waals surface area contributed by atoms with Crippen LogP contribution in [0.2, 0.25) is 5.15 Å². The monoisotopic (exact) mass is 624 g/mol. The molecule has 226 valence electrons. The fourth-order valence-corrected chi connectivity index (χ4v) is 5.56. The summed E-state index contributed by atoms with van der Waals surface area (Å²) in [5.74, 6) is -2.28.